The van der Waals surface area contributed by atoms with Crippen LogP contribution in [0.25, 0.3) is 5.70 Å². The molecule has 1 N–H and O–H groups in total. The van der Waals surface area contributed by atoms with Gasteiger partial charge in [0.25, 0.3) is 11.5 Å². The molecule has 0 aliphatic heterocycles. The van der Waals surface area contributed by atoms with Crippen LogP contribution in [0.3, 0.4) is 0 Å². The molecule has 1 aromatic heterocycles. The molecule has 0 bridgehead atoms. The standard InChI is InChI=1S/C12H13N3O2/c1-4-6-9(5-2)15-12(17)10(7-8-14-15)11(16)13-3/h4-8H,1-2H2,3H3,(H,13,16)/b9-6+. The summed E-state index contributed by atoms with van der Waals surface area (Å²) in [5, 5.41) is 6.28. The quantitative estimate of drug-likeness (QED) is 0.780. The summed E-state index contributed by atoms with van der Waals surface area (Å²) in [6, 6.07) is 1.37. The normalized spacial score (nSPS) is 10.8. The van der Waals surface area contributed by atoms with Crippen molar-refractivity contribution in [2.24, 2.45) is 0 Å². The molecular formula is C12H13N3O2. The lowest BCUT2D eigenvalue weighted by atomic mass is 10.3. The molecule has 1 rings (SSSR count). The fraction of sp³-hybridized carbons (Fsp3) is 0.0833. The highest BCUT2D eigenvalue weighted by Gasteiger charge is 2.11. The summed E-state index contributed by atoms with van der Waals surface area (Å²) in [6.45, 7) is 7.11. The van der Waals surface area contributed by atoms with Gasteiger partial charge in [0.15, 0.2) is 0 Å². The van der Waals surface area contributed by atoms with Crippen molar-refractivity contribution in [1.82, 2.24) is 15.1 Å². The Morgan fingerprint density at radius 3 is 2.76 bits per heavy atom. The molecule has 5 heteroatoms. The largest absolute Gasteiger partial charge is 0.355 e. The Labute approximate surface area is 98.8 Å². The van der Waals surface area contributed by atoms with E-state index in [1.807, 2.05) is 0 Å². The Morgan fingerprint density at radius 1 is 1.53 bits per heavy atom. The number of amides is 1. The molecule has 0 saturated carbocycles. The van der Waals surface area contributed by atoms with Gasteiger partial charge in [0.1, 0.15) is 5.56 Å². The minimum absolute atomic E-state index is 0.0271. The maximum atomic E-state index is 12.0. The van der Waals surface area contributed by atoms with E-state index in [-0.39, 0.29) is 5.56 Å². The average Bonchev–Trinajstić information content (AvgIpc) is 2.36. The highest BCUT2D eigenvalue weighted by atomic mass is 16.2. The summed E-state index contributed by atoms with van der Waals surface area (Å²) in [6.07, 6.45) is 5.93. The van der Waals surface area contributed by atoms with E-state index in [1.165, 1.54) is 31.5 Å². The highest BCUT2D eigenvalue weighted by Crippen LogP contribution is 2.01. The fourth-order valence-corrected chi connectivity index (χ4v) is 1.25. The van der Waals surface area contributed by atoms with Crippen molar-refractivity contribution in [3.63, 3.8) is 0 Å². The number of aromatic nitrogens is 2. The van der Waals surface area contributed by atoms with Crippen LogP contribution in [-0.2, 0) is 0 Å². The van der Waals surface area contributed by atoms with Gasteiger partial charge in [-0.3, -0.25) is 9.59 Å². The van der Waals surface area contributed by atoms with Gasteiger partial charge in [-0.2, -0.15) is 9.78 Å². The first-order valence-electron chi connectivity index (χ1n) is 4.91. The van der Waals surface area contributed by atoms with Crippen molar-refractivity contribution >= 4 is 11.6 Å². The van der Waals surface area contributed by atoms with Gasteiger partial charge in [0.05, 0.1) is 5.70 Å². The number of hydrogen-bond acceptors (Lipinski definition) is 3. The van der Waals surface area contributed by atoms with Crippen molar-refractivity contribution in [2.75, 3.05) is 7.05 Å². The van der Waals surface area contributed by atoms with Gasteiger partial charge in [0, 0.05) is 13.2 Å². The summed E-state index contributed by atoms with van der Waals surface area (Å²) >= 11 is 0. The molecule has 0 fully saturated rings. The Morgan fingerprint density at radius 2 is 2.24 bits per heavy atom. The van der Waals surface area contributed by atoms with Crippen molar-refractivity contribution < 1.29 is 4.79 Å². The maximum absolute atomic E-state index is 12.0. The number of carbonyl (C=O) groups is 1. The zero-order valence-corrected chi connectivity index (χ0v) is 9.51. The zero-order chi connectivity index (χ0) is 12.8. The average molecular weight is 231 g/mol. The molecule has 0 atom stereocenters. The summed E-state index contributed by atoms with van der Waals surface area (Å²) in [4.78, 5) is 23.4. The number of allylic oxidation sites excluding steroid dienone is 4. The Hall–Kier alpha value is -2.43. The Kier molecular flexibility index (Phi) is 4.16. The van der Waals surface area contributed by atoms with Gasteiger partial charge >= 0.3 is 0 Å². The second-order valence-electron chi connectivity index (χ2n) is 3.07. The lowest BCUT2D eigenvalue weighted by Gasteiger charge is -2.06. The predicted molar refractivity (Wildman–Crippen MR) is 66.6 cm³/mol. The minimum atomic E-state index is -0.500. The van der Waals surface area contributed by atoms with Crippen LogP contribution in [-0.4, -0.2) is 22.7 Å². The monoisotopic (exact) mass is 231 g/mol. The smallest absolute Gasteiger partial charge is 0.284 e. The molecule has 0 aliphatic carbocycles. The first kappa shape index (κ1) is 12.6. The lowest BCUT2D eigenvalue weighted by Crippen LogP contribution is -2.31. The predicted octanol–water partition coefficient (Wildman–Crippen LogP) is 0.816. The molecule has 5 nitrogen and oxygen atoms in total. The zero-order valence-electron chi connectivity index (χ0n) is 9.51. The van der Waals surface area contributed by atoms with E-state index in [4.69, 9.17) is 0 Å². The number of rotatable bonds is 4. The second-order valence-corrected chi connectivity index (χ2v) is 3.07. The molecule has 17 heavy (non-hydrogen) atoms. The summed E-state index contributed by atoms with van der Waals surface area (Å²) in [5.41, 5.74) is -0.0186. The van der Waals surface area contributed by atoms with Gasteiger partial charge in [0.2, 0.25) is 0 Å². The molecule has 1 amide bonds. The van der Waals surface area contributed by atoms with Gasteiger partial charge in [-0.25, -0.2) is 0 Å². The van der Waals surface area contributed by atoms with E-state index in [2.05, 4.69) is 23.6 Å². The second kappa shape index (κ2) is 5.60. The van der Waals surface area contributed by atoms with E-state index in [1.54, 1.807) is 6.08 Å². The minimum Gasteiger partial charge on any atom is -0.355 e. The van der Waals surface area contributed by atoms with Gasteiger partial charge in [-0.05, 0) is 18.2 Å². The van der Waals surface area contributed by atoms with Gasteiger partial charge in [-0.15, -0.1) is 0 Å². The maximum Gasteiger partial charge on any atom is 0.284 e. The molecular weight excluding hydrogens is 218 g/mol. The van der Waals surface area contributed by atoms with Crippen molar-refractivity contribution in [3.8, 4) is 0 Å². The molecule has 1 heterocycles. The third kappa shape index (κ3) is 2.57. The van der Waals surface area contributed by atoms with E-state index < -0.39 is 11.5 Å². The fourth-order valence-electron chi connectivity index (χ4n) is 1.25. The molecule has 0 aliphatic rings. The van der Waals surface area contributed by atoms with Crippen LogP contribution in [0.4, 0.5) is 0 Å². The number of nitrogens with one attached hydrogen (secondary N) is 1. The Balaban J connectivity index is 3.42. The van der Waals surface area contributed by atoms with Gasteiger partial charge in [-0.1, -0.05) is 19.2 Å². The summed E-state index contributed by atoms with van der Waals surface area (Å²) in [5.74, 6) is -0.451. The molecule has 0 aromatic carbocycles. The molecule has 88 valence electrons. The lowest BCUT2D eigenvalue weighted by molar-refractivity contribution is 0.0961. The van der Waals surface area contributed by atoms with Crippen LogP contribution in [0.1, 0.15) is 10.4 Å². The van der Waals surface area contributed by atoms with E-state index in [0.717, 1.165) is 4.68 Å². The molecule has 0 radical (unpaired) electrons. The first-order chi connectivity index (χ1) is 8.15. The van der Waals surface area contributed by atoms with Crippen LogP contribution >= 0.6 is 0 Å². The third-order valence-corrected chi connectivity index (χ3v) is 2.06. The first-order valence-corrected chi connectivity index (χ1v) is 4.91. The highest BCUT2D eigenvalue weighted by molar-refractivity contribution is 5.93. The third-order valence-electron chi connectivity index (χ3n) is 2.06. The number of carbonyl (C=O) groups excluding carboxylic acids is 1. The topological polar surface area (TPSA) is 64.0 Å². The van der Waals surface area contributed by atoms with Crippen molar-refractivity contribution in [2.45, 2.75) is 0 Å². The van der Waals surface area contributed by atoms with E-state index >= 15 is 0 Å². The number of nitrogens with zero attached hydrogens (tertiary/aromatic N) is 2. The van der Waals surface area contributed by atoms with Crippen LogP contribution in [0.5, 0.6) is 0 Å². The molecule has 1 aromatic rings. The van der Waals surface area contributed by atoms with Crippen LogP contribution in [0.15, 0.2) is 48.4 Å². The SMILES string of the molecule is C=C/C=C(\C=C)n1nccc(C(=O)NC)c1=O. The molecule has 0 spiro atoms. The molecule has 0 saturated heterocycles. The van der Waals surface area contributed by atoms with E-state index in [0.29, 0.717) is 5.70 Å². The van der Waals surface area contributed by atoms with Crippen LogP contribution < -0.4 is 10.9 Å². The Bertz CT molecular complexity index is 541. The summed E-state index contributed by atoms with van der Waals surface area (Å²) in [7, 11) is 1.46. The van der Waals surface area contributed by atoms with Crippen LogP contribution in [0, 0.1) is 0 Å². The summed E-state index contributed by atoms with van der Waals surface area (Å²) < 4.78 is 1.10. The number of hydrogen-bond donors (Lipinski definition) is 1. The van der Waals surface area contributed by atoms with Crippen molar-refractivity contribution in [3.05, 3.63) is 59.6 Å². The van der Waals surface area contributed by atoms with Gasteiger partial charge < -0.3 is 5.32 Å². The molecule has 0 unspecified atom stereocenters. The van der Waals surface area contributed by atoms with Crippen molar-refractivity contribution in [1.29, 1.82) is 0 Å². The van der Waals surface area contributed by atoms with Crippen LogP contribution in [0.2, 0.25) is 0 Å². The van der Waals surface area contributed by atoms with E-state index in [9.17, 15) is 9.59 Å².